The van der Waals surface area contributed by atoms with Crippen molar-refractivity contribution in [3.63, 3.8) is 0 Å². The zero-order valence-corrected chi connectivity index (χ0v) is 17.9. The molecule has 7 heteroatoms. The van der Waals surface area contributed by atoms with Crippen LogP contribution >= 0.6 is 0 Å². The highest BCUT2D eigenvalue weighted by Crippen LogP contribution is 2.30. The number of hydrogen-bond donors (Lipinski definition) is 1. The molecular formula is C21H26N4O2S. The van der Waals surface area contributed by atoms with Crippen LogP contribution in [0.25, 0.3) is 5.69 Å². The maximum Gasteiger partial charge on any atom is 0.241 e. The molecule has 1 unspecified atom stereocenters. The molecule has 2 aromatic carbocycles. The average molecular weight is 399 g/mol. The summed E-state index contributed by atoms with van der Waals surface area (Å²) in [5.74, 6) is 0. The third kappa shape index (κ3) is 3.59. The van der Waals surface area contributed by atoms with Crippen molar-refractivity contribution in [2.24, 2.45) is 0 Å². The maximum atomic E-state index is 13.2. The molecule has 0 aliphatic rings. The first-order valence-corrected chi connectivity index (χ1v) is 10.7. The summed E-state index contributed by atoms with van der Waals surface area (Å²) in [5, 5.41) is 4.10. The van der Waals surface area contributed by atoms with Crippen LogP contribution < -0.4 is 4.72 Å². The van der Waals surface area contributed by atoms with Gasteiger partial charge in [-0.2, -0.15) is 5.10 Å². The van der Waals surface area contributed by atoms with Crippen LogP contribution in [0.1, 0.15) is 46.3 Å². The fourth-order valence-electron chi connectivity index (χ4n) is 3.49. The van der Waals surface area contributed by atoms with Crippen LogP contribution in [-0.4, -0.2) is 23.2 Å². The lowest BCUT2D eigenvalue weighted by atomic mass is 9.95. The van der Waals surface area contributed by atoms with Crippen LogP contribution in [0.5, 0.6) is 0 Å². The standard InChI is InChI=1S/C21H26N4O2S/c1-13-14(2)16(4)21(17(5)15(13)3)28(26,27)24-18(6)19-7-9-20(10-8-19)25-12-22-11-23-25/h7-12,18,24H,1-6H3. The van der Waals surface area contributed by atoms with Crippen LogP contribution in [-0.2, 0) is 10.0 Å². The zero-order chi connectivity index (χ0) is 20.6. The van der Waals surface area contributed by atoms with Crippen molar-refractivity contribution >= 4 is 10.0 Å². The Hall–Kier alpha value is -2.51. The van der Waals surface area contributed by atoms with Gasteiger partial charge in [0.05, 0.1) is 10.6 Å². The van der Waals surface area contributed by atoms with Gasteiger partial charge in [0, 0.05) is 6.04 Å². The monoisotopic (exact) mass is 398 g/mol. The molecule has 148 valence electrons. The van der Waals surface area contributed by atoms with Crippen molar-refractivity contribution in [3.05, 3.63) is 70.3 Å². The Kier molecular flexibility index (Phi) is 5.41. The van der Waals surface area contributed by atoms with Gasteiger partial charge in [-0.15, -0.1) is 0 Å². The summed E-state index contributed by atoms with van der Waals surface area (Å²) in [6.45, 7) is 11.6. The molecule has 1 aromatic heterocycles. The molecule has 28 heavy (non-hydrogen) atoms. The number of hydrogen-bond acceptors (Lipinski definition) is 4. The Morgan fingerprint density at radius 3 is 1.93 bits per heavy atom. The molecule has 1 N–H and O–H groups in total. The Bertz CT molecular complexity index is 1070. The van der Waals surface area contributed by atoms with Crippen molar-refractivity contribution in [1.29, 1.82) is 0 Å². The van der Waals surface area contributed by atoms with Crippen LogP contribution in [0, 0.1) is 34.6 Å². The van der Waals surface area contributed by atoms with Crippen LogP contribution in [0.3, 0.4) is 0 Å². The molecule has 0 spiro atoms. The van der Waals surface area contributed by atoms with Crippen molar-refractivity contribution in [3.8, 4) is 5.69 Å². The minimum atomic E-state index is -3.66. The highest BCUT2D eigenvalue weighted by atomic mass is 32.2. The summed E-state index contributed by atoms with van der Waals surface area (Å²) in [6, 6.07) is 7.22. The van der Waals surface area contributed by atoms with Crippen molar-refractivity contribution in [2.75, 3.05) is 0 Å². The second kappa shape index (κ2) is 7.48. The third-order valence-corrected chi connectivity index (χ3v) is 7.42. The van der Waals surface area contributed by atoms with E-state index in [1.807, 2.05) is 65.8 Å². The van der Waals surface area contributed by atoms with Crippen LogP contribution in [0.15, 0.2) is 41.8 Å². The molecule has 0 bridgehead atoms. The van der Waals surface area contributed by atoms with E-state index in [0.29, 0.717) is 4.90 Å². The summed E-state index contributed by atoms with van der Waals surface area (Å²) < 4.78 is 30.9. The molecule has 3 rings (SSSR count). The number of sulfonamides is 1. The molecule has 6 nitrogen and oxygen atoms in total. The number of aromatic nitrogens is 3. The molecule has 0 saturated heterocycles. The molecule has 1 heterocycles. The first kappa shape index (κ1) is 20.2. The van der Waals surface area contributed by atoms with E-state index in [4.69, 9.17) is 0 Å². The van der Waals surface area contributed by atoms with E-state index in [1.165, 1.54) is 6.33 Å². The van der Waals surface area contributed by atoms with Gasteiger partial charge in [-0.25, -0.2) is 22.8 Å². The lowest BCUT2D eigenvalue weighted by Crippen LogP contribution is -2.28. The maximum absolute atomic E-state index is 13.2. The predicted octanol–water partition coefficient (Wildman–Crippen LogP) is 3.85. The normalized spacial score (nSPS) is 12.9. The molecule has 0 aliphatic heterocycles. The Balaban J connectivity index is 1.91. The van der Waals surface area contributed by atoms with Gasteiger partial charge in [-0.3, -0.25) is 0 Å². The SMILES string of the molecule is Cc1c(C)c(C)c(S(=O)(=O)NC(C)c2ccc(-n3cncn3)cc2)c(C)c1C. The van der Waals surface area contributed by atoms with E-state index >= 15 is 0 Å². The first-order chi connectivity index (χ1) is 13.1. The van der Waals surface area contributed by atoms with Gasteiger partial charge in [0.25, 0.3) is 0 Å². The predicted molar refractivity (Wildman–Crippen MR) is 110 cm³/mol. The molecule has 0 amide bonds. The highest BCUT2D eigenvalue weighted by Gasteiger charge is 2.25. The third-order valence-electron chi connectivity index (χ3n) is 5.61. The summed E-state index contributed by atoms with van der Waals surface area (Å²) in [5.41, 5.74) is 6.55. The van der Waals surface area contributed by atoms with E-state index < -0.39 is 10.0 Å². The van der Waals surface area contributed by atoms with Gasteiger partial charge in [-0.05, 0) is 87.1 Å². The summed E-state index contributed by atoms with van der Waals surface area (Å²) in [6.07, 6.45) is 3.09. The minimum absolute atomic E-state index is 0.365. The van der Waals surface area contributed by atoms with Crippen molar-refractivity contribution in [1.82, 2.24) is 19.5 Å². The molecule has 1 atom stereocenters. The van der Waals surface area contributed by atoms with Gasteiger partial charge < -0.3 is 0 Å². The lowest BCUT2D eigenvalue weighted by molar-refractivity contribution is 0.565. The molecule has 0 saturated carbocycles. The summed E-state index contributed by atoms with van der Waals surface area (Å²) in [7, 11) is -3.66. The fraction of sp³-hybridized carbons (Fsp3) is 0.333. The lowest BCUT2D eigenvalue weighted by Gasteiger charge is -2.21. The largest absolute Gasteiger partial charge is 0.241 e. The van der Waals surface area contributed by atoms with E-state index in [9.17, 15) is 8.42 Å². The number of benzene rings is 2. The number of nitrogens with zero attached hydrogens (tertiary/aromatic N) is 3. The number of rotatable bonds is 5. The molecular weight excluding hydrogens is 372 g/mol. The second-order valence-electron chi connectivity index (χ2n) is 7.23. The van der Waals surface area contributed by atoms with E-state index in [-0.39, 0.29) is 6.04 Å². The van der Waals surface area contributed by atoms with Gasteiger partial charge in [0.2, 0.25) is 10.0 Å². The topological polar surface area (TPSA) is 76.9 Å². The van der Waals surface area contributed by atoms with Gasteiger partial charge in [0.1, 0.15) is 12.7 Å². The number of nitrogens with one attached hydrogen (secondary N) is 1. The summed E-state index contributed by atoms with van der Waals surface area (Å²) in [4.78, 5) is 4.32. The molecule has 3 aromatic rings. The van der Waals surface area contributed by atoms with E-state index in [0.717, 1.165) is 39.1 Å². The second-order valence-corrected chi connectivity index (χ2v) is 8.88. The fourth-order valence-corrected chi connectivity index (χ4v) is 5.32. The smallest absolute Gasteiger partial charge is 0.223 e. The average Bonchev–Trinajstić information content (AvgIpc) is 3.19. The quantitative estimate of drug-likeness (QED) is 0.708. The Labute approximate surface area is 166 Å². The van der Waals surface area contributed by atoms with Crippen LogP contribution in [0.4, 0.5) is 0 Å². The minimum Gasteiger partial charge on any atom is -0.223 e. The van der Waals surface area contributed by atoms with Gasteiger partial charge in [-0.1, -0.05) is 12.1 Å². The Morgan fingerprint density at radius 1 is 0.893 bits per heavy atom. The van der Waals surface area contributed by atoms with Crippen LogP contribution in [0.2, 0.25) is 0 Å². The zero-order valence-electron chi connectivity index (χ0n) is 17.1. The van der Waals surface area contributed by atoms with E-state index in [2.05, 4.69) is 14.8 Å². The van der Waals surface area contributed by atoms with Crippen molar-refractivity contribution < 1.29 is 8.42 Å². The van der Waals surface area contributed by atoms with Crippen molar-refractivity contribution in [2.45, 2.75) is 52.5 Å². The highest BCUT2D eigenvalue weighted by molar-refractivity contribution is 7.89. The summed E-state index contributed by atoms with van der Waals surface area (Å²) >= 11 is 0. The first-order valence-electron chi connectivity index (χ1n) is 9.17. The van der Waals surface area contributed by atoms with Gasteiger partial charge >= 0.3 is 0 Å². The Morgan fingerprint density at radius 2 is 1.43 bits per heavy atom. The molecule has 0 radical (unpaired) electrons. The molecule has 0 fully saturated rings. The van der Waals surface area contributed by atoms with Gasteiger partial charge in [0.15, 0.2) is 0 Å². The molecule has 0 aliphatic carbocycles. The van der Waals surface area contributed by atoms with E-state index in [1.54, 1.807) is 11.0 Å².